The molecule has 1 unspecified atom stereocenters. The molecular weight excluding hydrogens is 188 g/mol. The van der Waals surface area contributed by atoms with E-state index >= 15 is 0 Å². The van der Waals surface area contributed by atoms with Crippen molar-refractivity contribution in [3.63, 3.8) is 0 Å². The summed E-state index contributed by atoms with van der Waals surface area (Å²) in [5.74, 6) is 0.766. The van der Waals surface area contributed by atoms with Crippen LogP contribution in [0.1, 0.15) is 18.4 Å². The van der Waals surface area contributed by atoms with Crippen molar-refractivity contribution in [2.24, 2.45) is 5.92 Å². The molecule has 82 valence electrons. The molecular formula is C12H18N2O. The van der Waals surface area contributed by atoms with E-state index in [1.807, 2.05) is 36.9 Å². The largest absolute Gasteiger partial charge is 0.315 e. The van der Waals surface area contributed by atoms with E-state index in [2.05, 4.69) is 5.32 Å². The number of nitrogens with one attached hydrogen (secondary N) is 1. The third-order valence-corrected chi connectivity index (χ3v) is 3.17. The molecule has 15 heavy (non-hydrogen) atoms. The first kappa shape index (κ1) is 10.4. The number of nitrogens with zero attached hydrogens (tertiary/aromatic N) is 1. The van der Waals surface area contributed by atoms with E-state index in [4.69, 9.17) is 0 Å². The topological polar surface area (TPSA) is 34.0 Å². The molecule has 3 nitrogen and oxygen atoms in total. The fourth-order valence-corrected chi connectivity index (χ4v) is 1.99. The van der Waals surface area contributed by atoms with Gasteiger partial charge in [0.05, 0.1) is 0 Å². The maximum absolute atomic E-state index is 11.8. The molecule has 0 radical (unpaired) electrons. The Kier molecular flexibility index (Phi) is 2.91. The second-order valence-electron chi connectivity index (χ2n) is 4.38. The summed E-state index contributed by atoms with van der Waals surface area (Å²) in [7, 11) is 1.98. The second kappa shape index (κ2) is 4.19. The van der Waals surface area contributed by atoms with E-state index in [0.717, 1.165) is 18.0 Å². The molecule has 0 saturated heterocycles. The van der Waals surface area contributed by atoms with Crippen molar-refractivity contribution in [1.82, 2.24) is 9.88 Å². The summed E-state index contributed by atoms with van der Waals surface area (Å²) in [6.07, 6.45) is 4.47. The number of likely N-dealkylation sites (N-methyl/N-ethyl adjacent to an activating group) is 1. The van der Waals surface area contributed by atoms with Gasteiger partial charge in [-0.2, -0.15) is 0 Å². The zero-order valence-corrected chi connectivity index (χ0v) is 9.36. The molecule has 1 N–H and O–H groups in total. The van der Waals surface area contributed by atoms with Crippen molar-refractivity contribution in [2.45, 2.75) is 32.4 Å². The van der Waals surface area contributed by atoms with Gasteiger partial charge in [-0.1, -0.05) is 6.07 Å². The quantitative estimate of drug-likeness (QED) is 0.802. The molecule has 3 heteroatoms. The lowest BCUT2D eigenvalue weighted by Gasteiger charge is -2.16. The van der Waals surface area contributed by atoms with Gasteiger partial charge in [0.15, 0.2) is 0 Å². The van der Waals surface area contributed by atoms with Crippen LogP contribution in [0.25, 0.3) is 0 Å². The van der Waals surface area contributed by atoms with E-state index in [-0.39, 0.29) is 5.56 Å². The van der Waals surface area contributed by atoms with E-state index in [1.165, 1.54) is 12.8 Å². The van der Waals surface area contributed by atoms with Gasteiger partial charge in [-0.25, -0.2) is 0 Å². The van der Waals surface area contributed by atoms with Crippen molar-refractivity contribution in [1.29, 1.82) is 0 Å². The number of rotatable bonds is 4. The molecule has 1 aliphatic carbocycles. The standard InChI is InChI=1S/C12H18N2O/c1-9-4-3-7-14(12(9)15)8-11(13-2)10-5-6-10/h3-4,7,10-11,13H,5-6,8H2,1-2H3. The minimum Gasteiger partial charge on any atom is -0.315 e. The summed E-state index contributed by atoms with van der Waals surface area (Å²) >= 11 is 0. The zero-order valence-electron chi connectivity index (χ0n) is 9.36. The third kappa shape index (κ3) is 2.29. The summed E-state index contributed by atoms with van der Waals surface area (Å²) in [4.78, 5) is 11.8. The molecule has 0 aromatic carbocycles. The maximum atomic E-state index is 11.8. The Hall–Kier alpha value is -1.09. The van der Waals surface area contributed by atoms with Gasteiger partial charge in [-0.3, -0.25) is 4.79 Å². The predicted octanol–water partition coefficient (Wildman–Crippen LogP) is 1.15. The van der Waals surface area contributed by atoms with Gasteiger partial charge < -0.3 is 9.88 Å². The minimum atomic E-state index is 0.137. The summed E-state index contributed by atoms with van der Waals surface area (Å²) in [5, 5.41) is 3.30. The molecule has 0 spiro atoms. The fourth-order valence-electron chi connectivity index (χ4n) is 1.99. The normalized spacial score (nSPS) is 17.7. The Morgan fingerprint density at radius 3 is 2.93 bits per heavy atom. The zero-order chi connectivity index (χ0) is 10.8. The highest BCUT2D eigenvalue weighted by molar-refractivity contribution is 5.08. The van der Waals surface area contributed by atoms with Crippen LogP contribution in [0.15, 0.2) is 23.1 Å². The molecule has 1 aromatic heterocycles. The van der Waals surface area contributed by atoms with Crippen molar-refractivity contribution in [3.05, 3.63) is 34.2 Å². The van der Waals surface area contributed by atoms with Gasteiger partial charge in [0.1, 0.15) is 0 Å². The predicted molar refractivity (Wildman–Crippen MR) is 61.0 cm³/mol. The van der Waals surface area contributed by atoms with Crippen LogP contribution in [-0.4, -0.2) is 17.7 Å². The van der Waals surface area contributed by atoms with E-state index in [9.17, 15) is 4.79 Å². The Morgan fingerprint density at radius 2 is 2.33 bits per heavy atom. The number of hydrogen-bond donors (Lipinski definition) is 1. The Balaban J connectivity index is 2.15. The van der Waals surface area contributed by atoms with Crippen LogP contribution in [0.5, 0.6) is 0 Å². The number of aromatic nitrogens is 1. The lowest BCUT2D eigenvalue weighted by Crippen LogP contribution is -2.36. The first-order valence-electron chi connectivity index (χ1n) is 5.55. The van der Waals surface area contributed by atoms with Crippen LogP contribution in [-0.2, 0) is 6.54 Å². The first-order valence-corrected chi connectivity index (χ1v) is 5.55. The van der Waals surface area contributed by atoms with Gasteiger partial charge in [-0.05, 0) is 38.8 Å². The molecule has 1 atom stereocenters. The molecule has 1 heterocycles. The van der Waals surface area contributed by atoms with E-state index in [0.29, 0.717) is 6.04 Å². The molecule has 0 aliphatic heterocycles. The highest BCUT2D eigenvalue weighted by Gasteiger charge is 2.30. The Morgan fingerprint density at radius 1 is 1.60 bits per heavy atom. The van der Waals surface area contributed by atoms with Gasteiger partial charge in [0.2, 0.25) is 0 Å². The average Bonchev–Trinajstić information content (AvgIpc) is 3.04. The highest BCUT2D eigenvalue weighted by Crippen LogP contribution is 2.32. The summed E-state index contributed by atoms with van der Waals surface area (Å²) in [6, 6.07) is 4.25. The van der Waals surface area contributed by atoms with Crippen molar-refractivity contribution >= 4 is 0 Å². The molecule has 1 fully saturated rings. The lowest BCUT2D eigenvalue weighted by atomic mass is 10.2. The van der Waals surface area contributed by atoms with Crippen LogP contribution >= 0.6 is 0 Å². The summed E-state index contributed by atoms with van der Waals surface area (Å²) < 4.78 is 1.81. The molecule has 1 aromatic rings. The van der Waals surface area contributed by atoms with Crippen molar-refractivity contribution in [2.75, 3.05) is 7.05 Å². The average molecular weight is 206 g/mol. The van der Waals surface area contributed by atoms with Crippen LogP contribution in [0.3, 0.4) is 0 Å². The molecule has 0 amide bonds. The molecule has 0 bridgehead atoms. The number of aryl methyl sites for hydroxylation is 1. The first-order chi connectivity index (χ1) is 7.22. The SMILES string of the molecule is CNC(Cn1cccc(C)c1=O)C1CC1. The van der Waals surface area contributed by atoms with Gasteiger partial charge >= 0.3 is 0 Å². The Bertz CT molecular complexity index is 393. The Labute approximate surface area is 90.1 Å². The minimum absolute atomic E-state index is 0.137. The maximum Gasteiger partial charge on any atom is 0.253 e. The third-order valence-electron chi connectivity index (χ3n) is 3.17. The number of hydrogen-bond acceptors (Lipinski definition) is 2. The van der Waals surface area contributed by atoms with Crippen molar-refractivity contribution < 1.29 is 0 Å². The summed E-state index contributed by atoms with van der Waals surface area (Å²) in [6.45, 7) is 2.66. The van der Waals surface area contributed by atoms with Gasteiger partial charge in [0, 0.05) is 24.3 Å². The molecule has 2 rings (SSSR count). The lowest BCUT2D eigenvalue weighted by molar-refractivity contribution is 0.429. The van der Waals surface area contributed by atoms with Crippen LogP contribution in [0.4, 0.5) is 0 Å². The fraction of sp³-hybridized carbons (Fsp3) is 0.583. The van der Waals surface area contributed by atoms with Gasteiger partial charge in [0.25, 0.3) is 5.56 Å². The van der Waals surface area contributed by atoms with E-state index in [1.54, 1.807) is 0 Å². The summed E-state index contributed by atoms with van der Waals surface area (Å²) in [5.41, 5.74) is 0.960. The highest BCUT2D eigenvalue weighted by atomic mass is 16.1. The van der Waals surface area contributed by atoms with E-state index < -0.39 is 0 Å². The van der Waals surface area contributed by atoms with Gasteiger partial charge in [-0.15, -0.1) is 0 Å². The van der Waals surface area contributed by atoms with Crippen molar-refractivity contribution in [3.8, 4) is 0 Å². The van der Waals surface area contributed by atoms with Crippen LogP contribution in [0, 0.1) is 12.8 Å². The van der Waals surface area contributed by atoms with Crippen LogP contribution < -0.4 is 10.9 Å². The molecule has 1 saturated carbocycles. The molecule has 1 aliphatic rings. The van der Waals surface area contributed by atoms with Crippen LogP contribution in [0.2, 0.25) is 0 Å². The monoisotopic (exact) mass is 206 g/mol. The number of pyridine rings is 1. The smallest absolute Gasteiger partial charge is 0.253 e. The second-order valence-corrected chi connectivity index (χ2v) is 4.38.